The zero-order valence-corrected chi connectivity index (χ0v) is 8.62. The molecular formula is C11H16FN3. The van der Waals surface area contributed by atoms with E-state index in [9.17, 15) is 4.39 Å². The number of aryl methyl sites for hydroxylation is 1. The minimum Gasteiger partial charge on any atom is -0.370 e. The Labute approximate surface area is 89.0 Å². The topological polar surface area (TPSA) is 64.4 Å². The fourth-order valence-corrected chi connectivity index (χ4v) is 1.36. The van der Waals surface area contributed by atoms with Gasteiger partial charge in [-0.15, -0.1) is 0 Å². The Bertz CT molecular complexity index is 332. The normalized spacial score (nSPS) is 9.93. The second-order valence-electron chi connectivity index (χ2n) is 3.32. The van der Waals surface area contributed by atoms with Crippen LogP contribution in [0.15, 0.2) is 29.3 Å². The van der Waals surface area contributed by atoms with Gasteiger partial charge in [0.1, 0.15) is 0 Å². The first kappa shape index (κ1) is 11.5. The molecule has 0 amide bonds. The van der Waals surface area contributed by atoms with E-state index >= 15 is 0 Å². The van der Waals surface area contributed by atoms with Crippen LogP contribution in [0.25, 0.3) is 0 Å². The lowest BCUT2D eigenvalue weighted by atomic mass is 10.1. The molecule has 0 spiro atoms. The summed E-state index contributed by atoms with van der Waals surface area (Å²) in [5.74, 6) is 0.106. The third-order valence-corrected chi connectivity index (χ3v) is 2.07. The lowest BCUT2D eigenvalue weighted by Gasteiger charge is -2.02. The maximum atomic E-state index is 12.1. The zero-order valence-electron chi connectivity index (χ0n) is 8.62. The Balaban J connectivity index is 2.53. The Morgan fingerprint density at radius 1 is 1.20 bits per heavy atom. The standard InChI is InChI=1S/C11H16FN3/c12-6-4-9-2-1-3-10(8-9)5-7-15-11(13)14/h1-3,8H,4-7H2,(H4,13,14,15). The molecule has 15 heavy (non-hydrogen) atoms. The van der Waals surface area contributed by atoms with Gasteiger partial charge in [0.15, 0.2) is 5.96 Å². The number of nitrogens with two attached hydrogens (primary N) is 2. The predicted octanol–water partition coefficient (Wildman–Crippen LogP) is 1.01. The lowest BCUT2D eigenvalue weighted by Crippen LogP contribution is -2.23. The number of rotatable bonds is 5. The first-order valence-electron chi connectivity index (χ1n) is 4.91. The van der Waals surface area contributed by atoms with Gasteiger partial charge in [-0.2, -0.15) is 0 Å². The molecular weight excluding hydrogens is 193 g/mol. The van der Waals surface area contributed by atoms with Crippen LogP contribution in [0.1, 0.15) is 11.1 Å². The number of hydrogen-bond donors (Lipinski definition) is 2. The van der Waals surface area contributed by atoms with Crippen molar-refractivity contribution in [3.05, 3.63) is 35.4 Å². The highest BCUT2D eigenvalue weighted by molar-refractivity contribution is 5.75. The molecule has 0 aliphatic carbocycles. The number of benzene rings is 1. The molecule has 0 aliphatic rings. The van der Waals surface area contributed by atoms with Crippen LogP contribution < -0.4 is 11.5 Å². The molecule has 4 heteroatoms. The van der Waals surface area contributed by atoms with Gasteiger partial charge in [-0.1, -0.05) is 24.3 Å². The van der Waals surface area contributed by atoms with Crippen LogP contribution >= 0.6 is 0 Å². The van der Waals surface area contributed by atoms with E-state index in [4.69, 9.17) is 11.5 Å². The van der Waals surface area contributed by atoms with Gasteiger partial charge in [-0.3, -0.25) is 9.38 Å². The summed E-state index contributed by atoms with van der Waals surface area (Å²) in [6.45, 7) is 0.249. The van der Waals surface area contributed by atoms with Crippen molar-refractivity contribution in [1.82, 2.24) is 0 Å². The van der Waals surface area contributed by atoms with Crippen LogP contribution in [0.3, 0.4) is 0 Å². The molecule has 0 bridgehead atoms. The van der Waals surface area contributed by atoms with Crippen LogP contribution in [-0.2, 0) is 12.8 Å². The molecule has 82 valence electrons. The molecule has 1 rings (SSSR count). The van der Waals surface area contributed by atoms with Gasteiger partial charge in [-0.05, 0) is 17.5 Å². The van der Waals surface area contributed by atoms with Gasteiger partial charge in [0.2, 0.25) is 0 Å². The average Bonchev–Trinajstić information content (AvgIpc) is 2.18. The third kappa shape index (κ3) is 4.44. The van der Waals surface area contributed by atoms with E-state index in [-0.39, 0.29) is 12.6 Å². The van der Waals surface area contributed by atoms with Gasteiger partial charge in [0.05, 0.1) is 6.67 Å². The summed E-state index contributed by atoms with van der Waals surface area (Å²) in [7, 11) is 0. The summed E-state index contributed by atoms with van der Waals surface area (Å²) < 4.78 is 12.1. The van der Waals surface area contributed by atoms with Gasteiger partial charge in [0, 0.05) is 13.0 Å². The van der Waals surface area contributed by atoms with E-state index in [0.29, 0.717) is 13.0 Å². The largest absolute Gasteiger partial charge is 0.370 e. The summed E-state index contributed by atoms with van der Waals surface area (Å²) in [6, 6.07) is 7.82. The number of nitrogens with zero attached hydrogens (tertiary/aromatic N) is 1. The maximum absolute atomic E-state index is 12.1. The zero-order chi connectivity index (χ0) is 11.1. The van der Waals surface area contributed by atoms with Crippen LogP contribution in [0, 0.1) is 0 Å². The molecule has 0 atom stereocenters. The van der Waals surface area contributed by atoms with Crippen molar-refractivity contribution in [2.75, 3.05) is 13.2 Å². The van der Waals surface area contributed by atoms with Gasteiger partial charge < -0.3 is 11.5 Å². The minimum absolute atomic E-state index is 0.106. The van der Waals surface area contributed by atoms with E-state index in [0.717, 1.165) is 17.5 Å². The van der Waals surface area contributed by atoms with Crippen molar-refractivity contribution < 1.29 is 4.39 Å². The molecule has 0 radical (unpaired) electrons. The second-order valence-corrected chi connectivity index (χ2v) is 3.32. The molecule has 0 aliphatic heterocycles. The van der Waals surface area contributed by atoms with E-state index in [1.54, 1.807) is 0 Å². The summed E-state index contributed by atoms with van der Waals surface area (Å²) >= 11 is 0. The monoisotopic (exact) mass is 209 g/mol. The van der Waals surface area contributed by atoms with E-state index in [1.807, 2.05) is 24.3 Å². The first-order chi connectivity index (χ1) is 7.22. The molecule has 4 N–H and O–H groups in total. The highest BCUT2D eigenvalue weighted by Gasteiger charge is 1.96. The number of halogens is 1. The molecule has 0 unspecified atom stereocenters. The summed E-state index contributed by atoms with van der Waals surface area (Å²) in [5.41, 5.74) is 12.6. The van der Waals surface area contributed by atoms with E-state index in [1.165, 1.54) is 0 Å². The first-order valence-corrected chi connectivity index (χ1v) is 4.91. The third-order valence-electron chi connectivity index (χ3n) is 2.07. The SMILES string of the molecule is NC(N)=NCCc1cccc(CCF)c1. The smallest absolute Gasteiger partial charge is 0.185 e. The van der Waals surface area contributed by atoms with Gasteiger partial charge in [0.25, 0.3) is 0 Å². The highest BCUT2D eigenvalue weighted by atomic mass is 19.1. The summed E-state index contributed by atoms with van der Waals surface area (Å²) in [6.07, 6.45) is 1.24. The Morgan fingerprint density at radius 2 is 1.87 bits per heavy atom. The fraction of sp³-hybridized carbons (Fsp3) is 0.364. The number of alkyl halides is 1. The Morgan fingerprint density at radius 3 is 2.47 bits per heavy atom. The van der Waals surface area contributed by atoms with Crippen LogP contribution in [0.5, 0.6) is 0 Å². The van der Waals surface area contributed by atoms with Crippen molar-refractivity contribution in [2.45, 2.75) is 12.8 Å². The van der Waals surface area contributed by atoms with Crippen molar-refractivity contribution in [3.8, 4) is 0 Å². The molecule has 0 saturated carbocycles. The van der Waals surface area contributed by atoms with E-state index in [2.05, 4.69) is 4.99 Å². The van der Waals surface area contributed by atoms with Gasteiger partial charge >= 0.3 is 0 Å². The molecule has 1 aromatic rings. The van der Waals surface area contributed by atoms with Gasteiger partial charge in [-0.25, -0.2) is 0 Å². The van der Waals surface area contributed by atoms with Crippen LogP contribution in [0.2, 0.25) is 0 Å². The number of hydrogen-bond acceptors (Lipinski definition) is 1. The summed E-state index contributed by atoms with van der Waals surface area (Å²) in [5, 5.41) is 0. The average molecular weight is 209 g/mol. The van der Waals surface area contributed by atoms with Crippen molar-refractivity contribution in [2.24, 2.45) is 16.5 Å². The molecule has 0 heterocycles. The Kier molecular flexibility index (Phi) is 4.60. The van der Waals surface area contributed by atoms with Crippen LogP contribution in [-0.4, -0.2) is 19.2 Å². The summed E-state index contributed by atoms with van der Waals surface area (Å²) in [4.78, 5) is 3.89. The Hall–Kier alpha value is -1.58. The predicted molar refractivity (Wildman–Crippen MR) is 60.5 cm³/mol. The number of aliphatic imine (C=N–C) groups is 1. The van der Waals surface area contributed by atoms with E-state index < -0.39 is 0 Å². The quantitative estimate of drug-likeness (QED) is 0.561. The molecule has 0 fully saturated rings. The molecule has 3 nitrogen and oxygen atoms in total. The van der Waals surface area contributed by atoms with Crippen molar-refractivity contribution in [1.29, 1.82) is 0 Å². The maximum Gasteiger partial charge on any atom is 0.185 e. The van der Waals surface area contributed by atoms with Crippen molar-refractivity contribution >= 4 is 5.96 Å². The van der Waals surface area contributed by atoms with Crippen LogP contribution in [0.4, 0.5) is 4.39 Å². The number of guanidine groups is 1. The fourth-order valence-electron chi connectivity index (χ4n) is 1.36. The highest BCUT2D eigenvalue weighted by Crippen LogP contribution is 2.07. The molecule has 1 aromatic carbocycles. The molecule has 0 saturated heterocycles. The van der Waals surface area contributed by atoms with Crippen molar-refractivity contribution in [3.63, 3.8) is 0 Å². The second kappa shape index (κ2) is 6.01. The minimum atomic E-state index is -0.322. The molecule has 0 aromatic heterocycles. The lowest BCUT2D eigenvalue weighted by molar-refractivity contribution is 0.495.